The first-order valence-corrected chi connectivity index (χ1v) is 13.1. The number of rotatable bonds is 9. The van der Waals surface area contributed by atoms with Gasteiger partial charge in [0.2, 0.25) is 0 Å². The van der Waals surface area contributed by atoms with E-state index in [1.54, 1.807) is 18.3 Å². The summed E-state index contributed by atoms with van der Waals surface area (Å²) in [5.41, 5.74) is 7.66. The molecule has 2 N–H and O–H groups in total. The largest absolute Gasteiger partial charge is 0.489 e. The van der Waals surface area contributed by atoms with Gasteiger partial charge in [0.1, 0.15) is 12.4 Å². The fraction of sp³-hybridized carbons (Fsp3) is 0.0333. The Morgan fingerprint density at radius 3 is 2.53 bits per heavy atom. The summed E-state index contributed by atoms with van der Waals surface area (Å²) in [6.45, 7) is 0.427. The van der Waals surface area contributed by atoms with Crippen LogP contribution in [0.3, 0.4) is 0 Å². The summed E-state index contributed by atoms with van der Waals surface area (Å²) in [4.78, 5) is 17.2. The Kier molecular flexibility index (Phi) is 8.08. The van der Waals surface area contributed by atoms with Gasteiger partial charge in [0.25, 0.3) is 5.91 Å². The van der Waals surface area contributed by atoms with Crippen molar-refractivity contribution in [3.8, 4) is 17.0 Å². The zero-order valence-corrected chi connectivity index (χ0v) is 21.7. The summed E-state index contributed by atoms with van der Waals surface area (Å²) in [6.07, 6.45) is 1.58. The first kappa shape index (κ1) is 25.2. The van der Waals surface area contributed by atoms with Gasteiger partial charge in [0, 0.05) is 27.2 Å². The average Bonchev–Trinajstić information content (AvgIpc) is 3.42. The molecule has 5 aromatic rings. The summed E-state index contributed by atoms with van der Waals surface area (Å²) >= 11 is 7.45. The van der Waals surface area contributed by atoms with Gasteiger partial charge in [-0.05, 0) is 59.7 Å². The van der Waals surface area contributed by atoms with Crippen LogP contribution in [0.25, 0.3) is 11.3 Å². The number of hydrazone groups is 1. The van der Waals surface area contributed by atoms with E-state index >= 15 is 0 Å². The maximum absolute atomic E-state index is 12.6. The van der Waals surface area contributed by atoms with Crippen LogP contribution < -0.4 is 15.5 Å². The number of aromatic nitrogens is 1. The van der Waals surface area contributed by atoms with Crippen LogP contribution >= 0.6 is 22.9 Å². The van der Waals surface area contributed by atoms with Crippen molar-refractivity contribution in [1.82, 2.24) is 10.4 Å². The van der Waals surface area contributed by atoms with E-state index < -0.39 is 0 Å². The molecule has 188 valence electrons. The van der Waals surface area contributed by atoms with Crippen LogP contribution in [0.2, 0.25) is 5.02 Å². The number of halogens is 1. The fourth-order valence-electron chi connectivity index (χ4n) is 3.56. The van der Waals surface area contributed by atoms with Crippen molar-refractivity contribution in [3.05, 3.63) is 130 Å². The minimum absolute atomic E-state index is 0.298. The second-order valence-electron chi connectivity index (χ2n) is 8.29. The lowest BCUT2D eigenvalue weighted by Crippen LogP contribution is -2.17. The number of nitrogens with zero attached hydrogens (tertiary/aromatic N) is 2. The van der Waals surface area contributed by atoms with E-state index in [1.807, 2.05) is 96.4 Å². The van der Waals surface area contributed by atoms with Crippen LogP contribution in [0.15, 0.2) is 114 Å². The van der Waals surface area contributed by atoms with Crippen LogP contribution in [-0.2, 0) is 6.61 Å². The molecule has 4 aromatic carbocycles. The Morgan fingerprint density at radius 2 is 1.74 bits per heavy atom. The third-order valence-corrected chi connectivity index (χ3v) is 6.54. The molecule has 8 heteroatoms. The number of hydrogen-bond donors (Lipinski definition) is 2. The quantitative estimate of drug-likeness (QED) is 0.150. The van der Waals surface area contributed by atoms with Crippen molar-refractivity contribution in [2.45, 2.75) is 6.61 Å². The Bertz CT molecular complexity index is 1540. The van der Waals surface area contributed by atoms with E-state index in [2.05, 4.69) is 20.8 Å². The SMILES string of the molecule is O=C(N/N=C\c1cccc(OCc2ccc(Cl)cc2)c1)c1ccc(-c2csc(Nc3ccccc3)n2)cc1. The summed E-state index contributed by atoms with van der Waals surface area (Å²) < 4.78 is 5.85. The highest BCUT2D eigenvalue weighted by Gasteiger charge is 2.08. The zero-order chi connectivity index (χ0) is 26.2. The number of nitrogens with one attached hydrogen (secondary N) is 2. The molecule has 38 heavy (non-hydrogen) atoms. The van der Waals surface area contributed by atoms with Crippen molar-refractivity contribution in [2.75, 3.05) is 5.32 Å². The van der Waals surface area contributed by atoms with Crippen LogP contribution in [0.1, 0.15) is 21.5 Å². The molecule has 0 saturated heterocycles. The number of amides is 1. The number of para-hydroxylation sites is 1. The smallest absolute Gasteiger partial charge is 0.271 e. The summed E-state index contributed by atoms with van der Waals surface area (Å²) in [7, 11) is 0. The first-order valence-electron chi connectivity index (χ1n) is 11.8. The summed E-state index contributed by atoms with van der Waals surface area (Å²) in [5.74, 6) is 0.405. The third-order valence-electron chi connectivity index (χ3n) is 5.53. The predicted octanol–water partition coefficient (Wildman–Crippen LogP) is 7.55. The lowest BCUT2D eigenvalue weighted by Gasteiger charge is -2.07. The molecular weight excluding hydrogens is 516 g/mol. The summed E-state index contributed by atoms with van der Waals surface area (Å²) in [6, 6.07) is 32.2. The van der Waals surface area contributed by atoms with Gasteiger partial charge in [-0.25, -0.2) is 10.4 Å². The van der Waals surface area contributed by atoms with E-state index in [-0.39, 0.29) is 5.91 Å². The molecule has 0 bridgehead atoms. The maximum Gasteiger partial charge on any atom is 0.271 e. The van der Waals surface area contributed by atoms with Crippen LogP contribution in [0.4, 0.5) is 10.8 Å². The number of carbonyl (C=O) groups excluding carboxylic acids is 1. The Hall–Kier alpha value is -4.46. The van der Waals surface area contributed by atoms with Gasteiger partial charge < -0.3 is 10.1 Å². The first-order chi connectivity index (χ1) is 18.6. The number of thiazole rings is 1. The van der Waals surface area contributed by atoms with Gasteiger partial charge in [-0.3, -0.25) is 4.79 Å². The van der Waals surface area contributed by atoms with Gasteiger partial charge in [-0.2, -0.15) is 5.10 Å². The molecule has 0 unspecified atom stereocenters. The molecule has 6 nitrogen and oxygen atoms in total. The maximum atomic E-state index is 12.6. The molecule has 5 rings (SSSR count). The molecule has 0 saturated carbocycles. The highest BCUT2D eigenvalue weighted by molar-refractivity contribution is 7.14. The van der Waals surface area contributed by atoms with E-state index in [4.69, 9.17) is 16.3 Å². The monoisotopic (exact) mass is 538 g/mol. The highest BCUT2D eigenvalue weighted by atomic mass is 35.5. The lowest BCUT2D eigenvalue weighted by atomic mass is 10.1. The number of anilines is 2. The average molecular weight is 539 g/mol. The number of benzene rings is 4. The number of carbonyl (C=O) groups is 1. The summed E-state index contributed by atoms with van der Waals surface area (Å²) in [5, 5.41) is 10.9. The number of ether oxygens (including phenoxy) is 1. The molecule has 1 aromatic heterocycles. The van der Waals surface area contributed by atoms with Crippen LogP contribution in [0, 0.1) is 0 Å². The third kappa shape index (κ3) is 6.85. The lowest BCUT2D eigenvalue weighted by molar-refractivity contribution is 0.0955. The normalized spacial score (nSPS) is 10.9. The molecule has 0 radical (unpaired) electrons. The molecule has 0 aliphatic carbocycles. The molecular formula is C30H23ClN4O2S. The van der Waals surface area contributed by atoms with Gasteiger partial charge in [-0.15, -0.1) is 11.3 Å². The fourth-order valence-corrected chi connectivity index (χ4v) is 4.43. The molecule has 0 atom stereocenters. The Morgan fingerprint density at radius 1 is 0.947 bits per heavy atom. The van der Waals surface area contributed by atoms with E-state index in [1.165, 1.54) is 11.3 Å². The molecule has 1 heterocycles. The topological polar surface area (TPSA) is 75.6 Å². The minimum atomic E-state index is -0.298. The highest BCUT2D eigenvalue weighted by Crippen LogP contribution is 2.27. The van der Waals surface area contributed by atoms with E-state index in [0.717, 1.165) is 33.2 Å². The van der Waals surface area contributed by atoms with Crippen molar-refractivity contribution in [2.24, 2.45) is 5.10 Å². The predicted molar refractivity (Wildman–Crippen MR) is 155 cm³/mol. The van der Waals surface area contributed by atoms with Crippen molar-refractivity contribution in [3.63, 3.8) is 0 Å². The molecule has 0 fully saturated rings. The van der Waals surface area contributed by atoms with Gasteiger partial charge in [-0.1, -0.05) is 66.2 Å². The van der Waals surface area contributed by atoms with E-state index in [0.29, 0.717) is 22.9 Å². The zero-order valence-electron chi connectivity index (χ0n) is 20.2. The molecule has 1 amide bonds. The second kappa shape index (κ2) is 12.2. The van der Waals surface area contributed by atoms with Crippen LogP contribution in [-0.4, -0.2) is 17.1 Å². The Labute approximate surface area is 229 Å². The van der Waals surface area contributed by atoms with Gasteiger partial charge in [0.15, 0.2) is 5.13 Å². The second-order valence-corrected chi connectivity index (χ2v) is 9.59. The van der Waals surface area contributed by atoms with Crippen molar-refractivity contribution < 1.29 is 9.53 Å². The molecule has 0 spiro atoms. The molecule has 0 aliphatic rings. The van der Waals surface area contributed by atoms with Gasteiger partial charge >= 0.3 is 0 Å². The Balaban J connectivity index is 1.14. The molecule has 0 aliphatic heterocycles. The van der Waals surface area contributed by atoms with Crippen molar-refractivity contribution in [1.29, 1.82) is 0 Å². The van der Waals surface area contributed by atoms with Crippen LogP contribution in [0.5, 0.6) is 5.75 Å². The van der Waals surface area contributed by atoms with E-state index in [9.17, 15) is 4.79 Å². The minimum Gasteiger partial charge on any atom is -0.489 e. The van der Waals surface area contributed by atoms with Crippen molar-refractivity contribution >= 4 is 45.9 Å². The number of hydrogen-bond acceptors (Lipinski definition) is 6. The van der Waals surface area contributed by atoms with Gasteiger partial charge in [0.05, 0.1) is 11.9 Å². The standard InChI is InChI=1S/C30H23ClN4O2S/c31-25-15-9-21(10-16-25)19-37-27-8-4-5-22(17-27)18-32-35-29(36)24-13-11-23(12-14-24)28-20-38-30(34-28)33-26-6-2-1-3-7-26/h1-18,20H,19H2,(H,33,34)(H,35,36)/b32-18-.